The van der Waals surface area contributed by atoms with Crippen molar-refractivity contribution in [2.24, 2.45) is 0 Å². The summed E-state index contributed by atoms with van der Waals surface area (Å²) in [4.78, 5) is 2.18. The molecule has 0 saturated heterocycles. The van der Waals surface area contributed by atoms with Gasteiger partial charge in [0.1, 0.15) is 6.07 Å². The quantitative estimate of drug-likeness (QED) is 0.881. The summed E-state index contributed by atoms with van der Waals surface area (Å²) in [5.41, 5.74) is 3.12. The summed E-state index contributed by atoms with van der Waals surface area (Å²) in [6.45, 7) is 7.11. The van der Waals surface area contributed by atoms with Gasteiger partial charge in [-0.15, -0.1) is 0 Å². The second-order valence-electron chi connectivity index (χ2n) is 5.40. The van der Waals surface area contributed by atoms with Gasteiger partial charge in [-0.2, -0.15) is 5.26 Å². The summed E-state index contributed by atoms with van der Waals surface area (Å²) in [6.07, 6.45) is 0. The molecule has 0 heterocycles. The number of nitrogens with zero attached hydrogens (tertiary/aromatic N) is 1. The van der Waals surface area contributed by atoms with Crippen molar-refractivity contribution in [3.8, 4) is 6.07 Å². The molecule has 2 aromatic rings. The maximum absolute atomic E-state index is 9.37. The van der Waals surface area contributed by atoms with Crippen LogP contribution in [0.5, 0.6) is 0 Å². The Morgan fingerprint density at radius 3 is 2.67 bits per heavy atom. The van der Waals surface area contributed by atoms with Crippen LogP contribution in [0.15, 0.2) is 52.3 Å². The van der Waals surface area contributed by atoms with Crippen LogP contribution in [0.1, 0.15) is 30.5 Å². The Balaban J connectivity index is 2.18. The van der Waals surface area contributed by atoms with E-state index in [-0.39, 0.29) is 0 Å². The fourth-order valence-corrected chi connectivity index (χ4v) is 2.99. The van der Waals surface area contributed by atoms with Crippen molar-refractivity contribution < 1.29 is 0 Å². The van der Waals surface area contributed by atoms with E-state index in [2.05, 4.69) is 56.4 Å². The highest BCUT2D eigenvalue weighted by Gasteiger charge is 2.06. The first kappa shape index (κ1) is 15.6. The number of aryl methyl sites for hydroxylation is 1. The molecule has 0 aromatic heterocycles. The molecule has 0 spiro atoms. The Morgan fingerprint density at radius 1 is 1.19 bits per heavy atom. The molecular weight excluding hydrogens is 276 g/mol. The molecule has 0 aliphatic rings. The standard InChI is InChI=1S/C18H20N2S/c1-13(2)20-12-15-7-8-18(16(10-15)11-19)21-17-6-4-5-14(3)9-17/h4-10,13,20H,12H2,1-3H3. The van der Waals surface area contributed by atoms with Crippen LogP contribution in [0.4, 0.5) is 0 Å². The van der Waals surface area contributed by atoms with Gasteiger partial charge in [0.15, 0.2) is 0 Å². The van der Waals surface area contributed by atoms with Crippen molar-refractivity contribution >= 4 is 11.8 Å². The summed E-state index contributed by atoms with van der Waals surface area (Å²) in [6, 6.07) is 17.2. The topological polar surface area (TPSA) is 35.8 Å². The van der Waals surface area contributed by atoms with Gasteiger partial charge in [-0.25, -0.2) is 0 Å². The molecule has 0 saturated carbocycles. The largest absolute Gasteiger partial charge is 0.310 e. The lowest BCUT2D eigenvalue weighted by molar-refractivity contribution is 0.588. The van der Waals surface area contributed by atoms with E-state index >= 15 is 0 Å². The van der Waals surface area contributed by atoms with Crippen LogP contribution < -0.4 is 5.32 Å². The first-order chi connectivity index (χ1) is 10.1. The predicted molar refractivity (Wildman–Crippen MR) is 88.4 cm³/mol. The summed E-state index contributed by atoms with van der Waals surface area (Å²) in [5, 5.41) is 12.7. The summed E-state index contributed by atoms with van der Waals surface area (Å²) in [7, 11) is 0. The summed E-state index contributed by atoms with van der Waals surface area (Å²) in [5.74, 6) is 0. The highest BCUT2D eigenvalue weighted by atomic mass is 32.2. The first-order valence-electron chi connectivity index (χ1n) is 7.09. The Morgan fingerprint density at radius 2 is 2.00 bits per heavy atom. The highest BCUT2D eigenvalue weighted by Crippen LogP contribution is 2.31. The third kappa shape index (κ3) is 4.63. The van der Waals surface area contributed by atoms with E-state index in [1.165, 1.54) is 10.5 Å². The zero-order chi connectivity index (χ0) is 15.2. The molecular formula is C18H20N2S. The van der Waals surface area contributed by atoms with Crippen LogP contribution in [0.25, 0.3) is 0 Å². The molecule has 0 aliphatic carbocycles. The number of benzene rings is 2. The zero-order valence-electron chi connectivity index (χ0n) is 12.7. The molecule has 0 aliphatic heterocycles. The molecule has 2 nitrogen and oxygen atoms in total. The van der Waals surface area contributed by atoms with E-state index in [1.54, 1.807) is 11.8 Å². The third-order valence-electron chi connectivity index (χ3n) is 3.10. The van der Waals surface area contributed by atoms with Gasteiger partial charge in [0.2, 0.25) is 0 Å². The Bertz CT molecular complexity index is 657. The fourth-order valence-electron chi connectivity index (χ4n) is 1.99. The van der Waals surface area contributed by atoms with Gasteiger partial charge in [0.05, 0.1) is 5.56 Å². The molecule has 2 aromatic carbocycles. The molecule has 0 radical (unpaired) electrons. The van der Waals surface area contributed by atoms with Gasteiger partial charge >= 0.3 is 0 Å². The fraction of sp³-hybridized carbons (Fsp3) is 0.278. The van der Waals surface area contributed by atoms with Gasteiger partial charge in [-0.05, 0) is 36.8 Å². The molecule has 108 valence electrons. The first-order valence-corrected chi connectivity index (χ1v) is 7.91. The van der Waals surface area contributed by atoms with E-state index < -0.39 is 0 Å². The van der Waals surface area contributed by atoms with Crippen LogP contribution in [-0.4, -0.2) is 6.04 Å². The number of hydrogen-bond donors (Lipinski definition) is 1. The molecule has 0 bridgehead atoms. The van der Waals surface area contributed by atoms with Crippen LogP contribution in [-0.2, 0) is 6.54 Å². The molecule has 3 heteroatoms. The lowest BCUT2D eigenvalue weighted by Gasteiger charge is -2.10. The molecule has 1 N–H and O–H groups in total. The monoisotopic (exact) mass is 296 g/mol. The van der Waals surface area contributed by atoms with Crippen molar-refractivity contribution in [2.75, 3.05) is 0 Å². The van der Waals surface area contributed by atoms with E-state index in [0.29, 0.717) is 6.04 Å². The van der Waals surface area contributed by atoms with Crippen molar-refractivity contribution in [2.45, 2.75) is 43.1 Å². The second-order valence-corrected chi connectivity index (χ2v) is 6.51. The minimum atomic E-state index is 0.442. The normalized spacial score (nSPS) is 10.6. The number of nitriles is 1. The minimum absolute atomic E-state index is 0.442. The molecule has 0 amide bonds. The lowest BCUT2D eigenvalue weighted by Crippen LogP contribution is -2.21. The third-order valence-corrected chi connectivity index (χ3v) is 4.16. The summed E-state index contributed by atoms with van der Waals surface area (Å²) >= 11 is 1.64. The van der Waals surface area contributed by atoms with E-state index in [1.807, 2.05) is 18.2 Å². The van der Waals surface area contributed by atoms with Crippen molar-refractivity contribution in [1.29, 1.82) is 5.26 Å². The predicted octanol–water partition coefficient (Wildman–Crippen LogP) is 4.52. The molecule has 21 heavy (non-hydrogen) atoms. The Labute approximate surface area is 131 Å². The van der Waals surface area contributed by atoms with E-state index in [0.717, 1.165) is 22.6 Å². The van der Waals surface area contributed by atoms with Crippen LogP contribution >= 0.6 is 11.8 Å². The zero-order valence-corrected chi connectivity index (χ0v) is 13.5. The van der Waals surface area contributed by atoms with E-state index in [4.69, 9.17) is 0 Å². The average molecular weight is 296 g/mol. The van der Waals surface area contributed by atoms with Crippen LogP contribution in [0.3, 0.4) is 0 Å². The van der Waals surface area contributed by atoms with Gasteiger partial charge < -0.3 is 5.32 Å². The molecule has 0 fully saturated rings. The number of rotatable bonds is 5. The maximum Gasteiger partial charge on any atom is 0.100 e. The maximum atomic E-state index is 9.37. The number of hydrogen-bond acceptors (Lipinski definition) is 3. The minimum Gasteiger partial charge on any atom is -0.310 e. The Hall–Kier alpha value is -1.76. The van der Waals surface area contributed by atoms with Gasteiger partial charge in [-0.3, -0.25) is 0 Å². The van der Waals surface area contributed by atoms with Crippen LogP contribution in [0, 0.1) is 18.3 Å². The van der Waals surface area contributed by atoms with Gasteiger partial charge in [0.25, 0.3) is 0 Å². The van der Waals surface area contributed by atoms with Crippen LogP contribution in [0.2, 0.25) is 0 Å². The number of nitrogens with one attached hydrogen (secondary N) is 1. The van der Waals surface area contributed by atoms with Crippen molar-refractivity contribution in [1.82, 2.24) is 5.32 Å². The smallest absolute Gasteiger partial charge is 0.100 e. The Kier molecular flexibility index (Phi) is 5.44. The SMILES string of the molecule is Cc1cccc(Sc2ccc(CNC(C)C)cc2C#N)c1. The van der Waals surface area contributed by atoms with Gasteiger partial charge in [0, 0.05) is 22.4 Å². The van der Waals surface area contributed by atoms with Crippen molar-refractivity contribution in [3.63, 3.8) is 0 Å². The molecule has 2 rings (SSSR count). The second kappa shape index (κ2) is 7.31. The molecule has 0 unspecified atom stereocenters. The highest BCUT2D eigenvalue weighted by molar-refractivity contribution is 7.99. The molecule has 0 atom stereocenters. The van der Waals surface area contributed by atoms with E-state index in [9.17, 15) is 5.26 Å². The summed E-state index contributed by atoms with van der Waals surface area (Å²) < 4.78 is 0. The lowest BCUT2D eigenvalue weighted by atomic mass is 10.1. The average Bonchev–Trinajstić information content (AvgIpc) is 2.46. The van der Waals surface area contributed by atoms with Gasteiger partial charge in [-0.1, -0.05) is 49.4 Å². The van der Waals surface area contributed by atoms with Crippen molar-refractivity contribution in [3.05, 3.63) is 59.2 Å².